The van der Waals surface area contributed by atoms with E-state index in [1.807, 2.05) is 40.1 Å². The lowest BCUT2D eigenvalue weighted by Crippen LogP contribution is -2.34. The maximum atomic E-state index is 5.19. The van der Waals surface area contributed by atoms with Crippen LogP contribution in [0.15, 0.2) is 41.4 Å². The number of hydrogen-bond acceptors (Lipinski definition) is 5. The number of piperidine rings is 2. The number of hydrogen-bond donors (Lipinski definition) is 0. The number of imidazole rings is 1. The summed E-state index contributed by atoms with van der Waals surface area (Å²) in [6.45, 7) is 20.7. The number of aromatic nitrogens is 3. The van der Waals surface area contributed by atoms with Crippen LogP contribution in [0.5, 0.6) is 0 Å². The standard InChI is InChI=1S/C11H19N3.C10H14N2O.2C2H6/c1-10-4-3-6-14(8-10)9-11-12-5-7-13(11)2;1-9-3-2-5-12(7-9)8-10-11-4-6-13-10;2*1-2/h5,7,10H,3-4,6,8-9H2,1-2H3;4,6H,1-3,5,7-8H2;2*1-2H3. The Hall–Kier alpha value is -1.92. The van der Waals surface area contributed by atoms with Gasteiger partial charge < -0.3 is 8.98 Å². The van der Waals surface area contributed by atoms with E-state index in [1.54, 1.807) is 12.5 Å². The fraction of sp³-hybridized carbons (Fsp3) is 0.680. The van der Waals surface area contributed by atoms with E-state index in [2.05, 4.69) is 44.9 Å². The first kappa shape index (κ1) is 27.1. The first-order valence-corrected chi connectivity index (χ1v) is 12.1. The van der Waals surface area contributed by atoms with E-state index in [-0.39, 0.29) is 0 Å². The lowest BCUT2D eigenvalue weighted by atomic mass is 10.0. The average molecular weight is 432 g/mol. The molecular formula is C25H45N5O. The van der Waals surface area contributed by atoms with Crippen molar-refractivity contribution in [1.82, 2.24) is 24.3 Å². The Morgan fingerprint density at radius 3 is 2.35 bits per heavy atom. The summed E-state index contributed by atoms with van der Waals surface area (Å²) in [5, 5.41) is 0. The molecule has 6 nitrogen and oxygen atoms in total. The van der Waals surface area contributed by atoms with Crippen molar-refractivity contribution >= 4 is 0 Å². The molecule has 2 aliphatic heterocycles. The van der Waals surface area contributed by atoms with Crippen LogP contribution in [0.2, 0.25) is 0 Å². The summed E-state index contributed by atoms with van der Waals surface area (Å²) >= 11 is 0. The van der Waals surface area contributed by atoms with Gasteiger partial charge in [-0.25, -0.2) is 9.97 Å². The van der Waals surface area contributed by atoms with Gasteiger partial charge >= 0.3 is 0 Å². The zero-order chi connectivity index (χ0) is 23.1. The molecule has 31 heavy (non-hydrogen) atoms. The lowest BCUT2D eigenvalue weighted by Gasteiger charge is -2.30. The van der Waals surface area contributed by atoms with Crippen LogP contribution in [0.3, 0.4) is 0 Å². The molecule has 0 aliphatic carbocycles. The predicted molar refractivity (Wildman–Crippen MR) is 130 cm³/mol. The zero-order valence-electron chi connectivity index (χ0n) is 20.8. The van der Waals surface area contributed by atoms with Crippen LogP contribution >= 0.6 is 0 Å². The van der Waals surface area contributed by atoms with Crippen molar-refractivity contribution in [1.29, 1.82) is 0 Å². The molecule has 2 aromatic heterocycles. The number of likely N-dealkylation sites (tertiary alicyclic amines) is 2. The second-order valence-electron chi connectivity index (χ2n) is 7.93. The van der Waals surface area contributed by atoms with Crippen molar-refractivity contribution in [3.63, 3.8) is 0 Å². The van der Waals surface area contributed by atoms with E-state index in [4.69, 9.17) is 4.42 Å². The molecular weight excluding hydrogens is 386 g/mol. The second-order valence-corrected chi connectivity index (χ2v) is 7.93. The number of aryl methyl sites for hydroxylation is 1. The largest absolute Gasteiger partial charge is 0.448 e. The zero-order valence-corrected chi connectivity index (χ0v) is 20.8. The molecule has 0 aromatic carbocycles. The van der Waals surface area contributed by atoms with E-state index in [0.717, 1.165) is 38.0 Å². The molecule has 2 fully saturated rings. The Morgan fingerprint density at radius 1 is 1.03 bits per heavy atom. The second kappa shape index (κ2) is 15.8. The van der Waals surface area contributed by atoms with E-state index in [0.29, 0.717) is 0 Å². The minimum absolute atomic E-state index is 0.801. The first-order valence-electron chi connectivity index (χ1n) is 12.1. The highest BCUT2D eigenvalue weighted by atomic mass is 16.3. The van der Waals surface area contributed by atoms with Crippen LogP contribution in [0.25, 0.3) is 0 Å². The maximum Gasteiger partial charge on any atom is 0.208 e. The van der Waals surface area contributed by atoms with E-state index in [9.17, 15) is 0 Å². The monoisotopic (exact) mass is 431 g/mol. The molecule has 0 saturated carbocycles. The van der Waals surface area contributed by atoms with E-state index >= 15 is 0 Å². The average Bonchev–Trinajstić information content (AvgIpc) is 3.44. The summed E-state index contributed by atoms with van der Waals surface area (Å²) in [5.74, 6) is 2.83. The molecule has 0 bridgehead atoms. The van der Waals surface area contributed by atoms with Gasteiger partial charge in [0.15, 0.2) is 0 Å². The molecule has 2 aromatic rings. The third-order valence-electron chi connectivity index (χ3n) is 5.32. The molecule has 4 heterocycles. The lowest BCUT2D eigenvalue weighted by molar-refractivity contribution is 0.171. The highest BCUT2D eigenvalue weighted by molar-refractivity contribution is 5.01. The summed E-state index contributed by atoms with van der Waals surface area (Å²) in [5.41, 5.74) is 1.32. The Bertz CT molecular complexity index is 695. The Balaban J connectivity index is 0.000000268. The maximum absolute atomic E-state index is 5.19. The quantitative estimate of drug-likeness (QED) is 0.596. The van der Waals surface area contributed by atoms with Gasteiger partial charge in [-0.1, -0.05) is 46.8 Å². The molecule has 0 spiro atoms. The Kier molecular flexibility index (Phi) is 13.8. The van der Waals surface area contributed by atoms with Crippen molar-refractivity contribution in [3.05, 3.63) is 48.7 Å². The van der Waals surface area contributed by atoms with Crippen LogP contribution in [-0.4, -0.2) is 50.5 Å². The molecule has 6 heteroatoms. The minimum Gasteiger partial charge on any atom is -0.448 e. The van der Waals surface area contributed by atoms with Gasteiger partial charge in [-0.3, -0.25) is 9.80 Å². The van der Waals surface area contributed by atoms with Gasteiger partial charge in [-0.2, -0.15) is 0 Å². The van der Waals surface area contributed by atoms with Crippen molar-refractivity contribution in [2.45, 2.75) is 73.4 Å². The van der Waals surface area contributed by atoms with Crippen LogP contribution < -0.4 is 0 Å². The van der Waals surface area contributed by atoms with Gasteiger partial charge in [0.2, 0.25) is 5.89 Å². The molecule has 4 rings (SSSR count). The summed E-state index contributed by atoms with van der Waals surface area (Å²) in [4.78, 5) is 13.3. The fourth-order valence-electron chi connectivity index (χ4n) is 3.86. The third-order valence-corrected chi connectivity index (χ3v) is 5.32. The Morgan fingerprint density at radius 2 is 1.77 bits per heavy atom. The predicted octanol–water partition coefficient (Wildman–Crippen LogP) is 5.53. The molecule has 0 N–H and O–H groups in total. The van der Waals surface area contributed by atoms with E-state index < -0.39 is 0 Å². The van der Waals surface area contributed by atoms with Gasteiger partial charge in [0.1, 0.15) is 12.1 Å². The first-order chi connectivity index (χ1) is 15.1. The van der Waals surface area contributed by atoms with Crippen molar-refractivity contribution in [3.8, 4) is 0 Å². The van der Waals surface area contributed by atoms with Crippen molar-refractivity contribution < 1.29 is 4.42 Å². The van der Waals surface area contributed by atoms with Crippen LogP contribution in [0.1, 0.15) is 72.0 Å². The summed E-state index contributed by atoms with van der Waals surface area (Å²) in [7, 11) is 2.07. The fourth-order valence-corrected chi connectivity index (χ4v) is 3.86. The number of nitrogens with zero attached hydrogens (tertiary/aromatic N) is 5. The molecule has 1 atom stereocenters. The summed E-state index contributed by atoms with van der Waals surface area (Å²) in [6, 6.07) is 0. The highest BCUT2D eigenvalue weighted by Crippen LogP contribution is 2.17. The number of oxazole rings is 1. The SMILES string of the molecule is C=C1CCCN(Cc2ncco2)C1.CC.CC.CC1CCCN(Cc2nccn2C)C1. The van der Waals surface area contributed by atoms with Gasteiger partial charge in [0.05, 0.1) is 19.3 Å². The van der Waals surface area contributed by atoms with Crippen molar-refractivity contribution in [2.24, 2.45) is 13.0 Å². The molecule has 2 saturated heterocycles. The van der Waals surface area contributed by atoms with Gasteiger partial charge in [-0.15, -0.1) is 0 Å². The molecule has 1 unspecified atom stereocenters. The third kappa shape index (κ3) is 10.3. The highest BCUT2D eigenvalue weighted by Gasteiger charge is 2.17. The summed E-state index contributed by atoms with van der Waals surface area (Å²) in [6.07, 6.45) is 12.3. The van der Waals surface area contributed by atoms with Gasteiger partial charge in [0.25, 0.3) is 0 Å². The molecule has 2 aliphatic rings. The van der Waals surface area contributed by atoms with Crippen LogP contribution in [-0.2, 0) is 20.1 Å². The van der Waals surface area contributed by atoms with Crippen LogP contribution in [0.4, 0.5) is 0 Å². The van der Waals surface area contributed by atoms with Gasteiger partial charge in [0, 0.05) is 32.5 Å². The van der Waals surface area contributed by atoms with Crippen molar-refractivity contribution in [2.75, 3.05) is 26.2 Å². The smallest absolute Gasteiger partial charge is 0.208 e. The topological polar surface area (TPSA) is 50.3 Å². The summed E-state index contributed by atoms with van der Waals surface area (Å²) < 4.78 is 7.30. The van der Waals surface area contributed by atoms with Gasteiger partial charge in [-0.05, 0) is 44.7 Å². The van der Waals surface area contributed by atoms with E-state index in [1.165, 1.54) is 50.2 Å². The van der Waals surface area contributed by atoms with Crippen LogP contribution in [0, 0.1) is 5.92 Å². The minimum atomic E-state index is 0.801. The Labute approximate surface area is 190 Å². The molecule has 0 radical (unpaired) electrons. The molecule has 176 valence electrons. The molecule has 0 amide bonds. The normalized spacial score (nSPS) is 19.3. The number of rotatable bonds is 4.